The van der Waals surface area contributed by atoms with E-state index in [-0.39, 0.29) is 43.8 Å². The number of carboxylic acid groups (broad SMARTS) is 2. The number of aryl methyl sites for hydroxylation is 1. The second kappa shape index (κ2) is 18.1. The molecule has 0 saturated carbocycles. The van der Waals surface area contributed by atoms with Crippen molar-refractivity contribution in [3.63, 3.8) is 0 Å². The average molecular weight is 686 g/mol. The zero-order valence-electron chi connectivity index (χ0n) is 26.5. The summed E-state index contributed by atoms with van der Waals surface area (Å²) in [5.74, 6) is -3.11. The first-order chi connectivity index (χ1) is 23.2. The van der Waals surface area contributed by atoms with Gasteiger partial charge in [0.1, 0.15) is 18.0 Å². The number of hydrogen-bond acceptors (Lipinski definition) is 6. The number of guanidine groups is 1. The van der Waals surface area contributed by atoms with E-state index in [0.29, 0.717) is 29.3 Å². The molecule has 262 valence electrons. The number of anilines is 1. The Kier molecular flexibility index (Phi) is 14.0. The van der Waals surface area contributed by atoms with Gasteiger partial charge in [0.2, 0.25) is 5.91 Å². The third-order valence-electron chi connectivity index (χ3n) is 7.26. The van der Waals surface area contributed by atoms with Crippen molar-refractivity contribution < 1.29 is 47.3 Å². The summed E-state index contributed by atoms with van der Waals surface area (Å²) in [6, 6.07) is 22.5. The summed E-state index contributed by atoms with van der Waals surface area (Å²) in [6.07, 6.45) is -0.750. The smallest absolute Gasteiger partial charge is 0.481 e. The third kappa shape index (κ3) is 12.5. The first kappa shape index (κ1) is 37.9. The van der Waals surface area contributed by atoms with Crippen LogP contribution in [0.1, 0.15) is 53.6 Å². The minimum atomic E-state index is -5.08. The van der Waals surface area contributed by atoms with Gasteiger partial charge >= 0.3 is 18.1 Å². The van der Waals surface area contributed by atoms with Crippen LogP contribution in [0.3, 0.4) is 0 Å². The number of unbranched alkanes of at least 4 members (excludes halogenated alkanes) is 3. The van der Waals surface area contributed by atoms with E-state index in [1.165, 1.54) is 4.90 Å². The van der Waals surface area contributed by atoms with Crippen molar-refractivity contribution in [2.75, 3.05) is 24.5 Å². The van der Waals surface area contributed by atoms with E-state index in [4.69, 9.17) is 25.8 Å². The van der Waals surface area contributed by atoms with Crippen LogP contribution >= 0.6 is 0 Å². The fourth-order valence-corrected chi connectivity index (χ4v) is 4.90. The van der Waals surface area contributed by atoms with Crippen LogP contribution in [0, 0.1) is 5.41 Å². The third-order valence-corrected chi connectivity index (χ3v) is 7.26. The highest BCUT2D eigenvalue weighted by Gasteiger charge is 2.38. The van der Waals surface area contributed by atoms with Gasteiger partial charge in [0.15, 0.2) is 5.96 Å². The van der Waals surface area contributed by atoms with Crippen molar-refractivity contribution in [2.24, 2.45) is 5.73 Å². The molecule has 0 atom stereocenters. The summed E-state index contributed by atoms with van der Waals surface area (Å²) in [4.78, 5) is 50.2. The number of para-hydroxylation sites is 1. The minimum absolute atomic E-state index is 0.0252. The Hall–Kier alpha value is -5.60. The quantitative estimate of drug-likeness (QED) is 0.0868. The molecule has 0 fully saturated rings. The highest BCUT2D eigenvalue weighted by Crippen LogP contribution is 2.30. The lowest BCUT2D eigenvalue weighted by molar-refractivity contribution is -0.192. The molecule has 0 spiro atoms. The SMILES string of the molecule is N=C(N)NCCCCCCc1ccc2c(c1)C(=O)N(CCC(=O)O)CC(=O)N2Cc1cccc(Oc2ccccc2)c1.O=C(O)C(F)(F)F. The molecule has 3 aromatic carbocycles. The molecule has 0 saturated heterocycles. The number of benzene rings is 3. The van der Waals surface area contributed by atoms with Crippen LogP contribution in [-0.2, 0) is 27.3 Å². The number of halogens is 3. The first-order valence-electron chi connectivity index (χ1n) is 15.4. The molecule has 0 radical (unpaired) electrons. The number of alkyl halides is 3. The standard InChI is InChI=1S/C32H37N5O5.C2HF3O2/c33-32(34)35-17-7-2-1-4-9-23-14-15-28-27(20-23)31(41)36(18-16-30(39)40)22-29(38)37(28)21-24-10-8-13-26(19-24)42-25-11-5-3-6-12-25;3-2(4,5)1(6)7/h3,5-6,8,10-15,19-20H,1-2,4,7,9,16-18,21-22H2,(H,39,40)(H4,33,34,35);(H,6,7). The lowest BCUT2D eigenvalue weighted by Crippen LogP contribution is -2.40. The van der Waals surface area contributed by atoms with Gasteiger partial charge in [0, 0.05) is 13.1 Å². The number of nitrogens with one attached hydrogen (secondary N) is 2. The van der Waals surface area contributed by atoms with Crippen LogP contribution in [0.25, 0.3) is 0 Å². The van der Waals surface area contributed by atoms with E-state index < -0.39 is 18.1 Å². The van der Waals surface area contributed by atoms with E-state index in [1.54, 1.807) is 4.90 Å². The van der Waals surface area contributed by atoms with Gasteiger partial charge in [0.25, 0.3) is 5.91 Å². The largest absolute Gasteiger partial charge is 0.490 e. The molecule has 1 aliphatic rings. The zero-order chi connectivity index (χ0) is 36.0. The summed E-state index contributed by atoms with van der Waals surface area (Å²) in [5.41, 5.74) is 8.03. The van der Waals surface area contributed by atoms with E-state index in [1.807, 2.05) is 72.8 Å². The summed E-state index contributed by atoms with van der Waals surface area (Å²) >= 11 is 0. The Labute approximate surface area is 280 Å². The molecule has 49 heavy (non-hydrogen) atoms. The maximum atomic E-state index is 13.6. The number of hydrogen-bond donors (Lipinski definition) is 5. The minimum Gasteiger partial charge on any atom is -0.481 e. The molecule has 1 heterocycles. The molecule has 12 nitrogen and oxygen atoms in total. The molecule has 6 N–H and O–H groups in total. The molecular formula is C34H38F3N5O7. The predicted octanol–water partition coefficient (Wildman–Crippen LogP) is 5.16. The van der Waals surface area contributed by atoms with Crippen LogP contribution in [0.2, 0.25) is 0 Å². The number of nitrogens with zero attached hydrogens (tertiary/aromatic N) is 2. The van der Waals surface area contributed by atoms with Crippen molar-refractivity contribution in [1.82, 2.24) is 10.2 Å². The summed E-state index contributed by atoms with van der Waals surface area (Å²) in [5, 5.41) is 26.4. The molecule has 2 amide bonds. The number of carboxylic acids is 2. The normalized spacial score (nSPS) is 12.7. The van der Waals surface area contributed by atoms with Crippen LogP contribution in [0.4, 0.5) is 18.9 Å². The van der Waals surface area contributed by atoms with Crippen molar-refractivity contribution in [3.8, 4) is 11.5 Å². The number of ether oxygens (including phenoxy) is 1. The Morgan fingerprint density at radius 1 is 0.898 bits per heavy atom. The summed E-state index contributed by atoms with van der Waals surface area (Å²) in [7, 11) is 0. The number of carbonyl (C=O) groups is 4. The highest BCUT2D eigenvalue weighted by atomic mass is 19.4. The number of fused-ring (bicyclic) bond motifs is 1. The Morgan fingerprint density at radius 3 is 2.22 bits per heavy atom. The molecule has 0 unspecified atom stereocenters. The number of carbonyl (C=O) groups excluding carboxylic acids is 2. The van der Waals surface area contributed by atoms with Crippen molar-refractivity contribution in [1.29, 1.82) is 5.41 Å². The van der Waals surface area contributed by atoms with Gasteiger partial charge in [-0.2, -0.15) is 13.2 Å². The lowest BCUT2D eigenvalue weighted by Gasteiger charge is -2.23. The number of amides is 2. The fourth-order valence-electron chi connectivity index (χ4n) is 4.90. The summed E-state index contributed by atoms with van der Waals surface area (Å²) in [6.45, 7) is 0.641. The van der Waals surface area contributed by atoms with Gasteiger partial charge in [-0.25, -0.2) is 4.79 Å². The van der Waals surface area contributed by atoms with Gasteiger partial charge < -0.3 is 35.8 Å². The number of nitrogens with two attached hydrogens (primary N) is 1. The van der Waals surface area contributed by atoms with Crippen molar-refractivity contribution >= 4 is 35.4 Å². The van der Waals surface area contributed by atoms with Gasteiger partial charge in [-0.1, -0.05) is 49.2 Å². The Morgan fingerprint density at radius 2 is 1.57 bits per heavy atom. The van der Waals surface area contributed by atoms with Crippen molar-refractivity contribution in [3.05, 3.63) is 89.5 Å². The second-order valence-corrected chi connectivity index (χ2v) is 11.1. The van der Waals surface area contributed by atoms with E-state index >= 15 is 0 Å². The molecule has 4 rings (SSSR count). The lowest BCUT2D eigenvalue weighted by atomic mass is 10.0. The highest BCUT2D eigenvalue weighted by molar-refractivity contribution is 6.09. The van der Waals surface area contributed by atoms with E-state index in [2.05, 4.69) is 5.32 Å². The molecule has 15 heteroatoms. The predicted molar refractivity (Wildman–Crippen MR) is 175 cm³/mol. The molecule has 0 aromatic heterocycles. The number of rotatable bonds is 14. The average Bonchev–Trinajstić information content (AvgIpc) is 3.13. The molecule has 0 bridgehead atoms. The van der Waals surface area contributed by atoms with Gasteiger partial charge in [-0.15, -0.1) is 0 Å². The molecule has 3 aromatic rings. The van der Waals surface area contributed by atoms with Crippen LogP contribution in [-0.4, -0.2) is 70.6 Å². The monoisotopic (exact) mass is 685 g/mol. The van der Waals surface area contributed by atoms with Crippen LogP contribution in [0.5, 0.6) is 11.5 Å². The van der Waals surface area contributed by atoms with Crippen molar-refractivity contribution in [2.45, 2.75) is 51.2 Å². The number of aliphatic carboxylic acids is 2. The van der Waals surface area contributed by atoms with Gasteiger partial charge in [-0.05, 0) is 66.8 Å². The topological polar surface area (TPSA) is 186 Å². The van der Waals surface area contributed by atoms with Crippen LogP contribution in [0.15, 0.2) is 72.8 Å². The zero-order valence-corrected chi connectivity index (χ0v) is 26.5. The van der Waals surface area contributed by atoms with Crippen LogP contribution < -0.4 is 20.7 Å². The Bertz CT molecular complexity index is 1620. The van der Waals surface area contributed by atoms with Gasteiger partial charge in [-0.3, -0.25) is 19.8 Å². The second-order valence-electron chi connectivity index (χ2n) is 11.1. The molecule has 0 aliphatic carbocycles. The maximum absolute atomic E-state index is 13.6. The van der Waals surface area contributed by atoms with Gasteiger partial charge in [0.05, 0.1) is 24.2 Å². The van der Waals surface area contributed by atoms with E-state index in [9.17, 15) is 32.7 Å². The first-order valence-corrected chi connectivity index (χ1v) is 15.4. The van der Waals surface area contributed by atoms with E-state index in [0.717, 1.165) is 43.2 Å². The maximum Gasteiger partial charge on any atom is 0.490 e. The Balaban J connectivity index is 0.000000838. The summed E-state index contributed by atoms with van der Waals surface area (Å²) < 4.78 is 37.7. The molecular weight excluding hydrogens is 647 g/mol. The molecule has 1 aliphatic heterocycles. The fraction of sp³-hybridized carbons (Fsp3) is 0.324.